The molecule has 0 aliphatic rings. The molecule has 0 aliphatic heterocycles. The number of aromatic nitrogens is 1. The van der Waals surface area contributed by atoms with E-state index < -0.39 is 11.4 Å². The maximum Gasteiger partial charge on any atom is 0.255 e. The van der Waals surface area contributed by atoms with Crippen molar-refractivity contribution >= 4 is 16.8 Å². The van der Waals surface area contributed by atoms with Crippen LogP contribution in [0.1, 0.15) is 29.8 Å². The van der Waals surface area contributed by atoms with E-state index in [2.05, 4.69) is 4.98 Å². The maximum atomic E-state index is 13.8. The van der Waals surface area contributed by atoms with Crippen molar-refractivity contribution in [2.45, 2.75) is 26.0 Å². The van der Waals surface area contributed by atoms with Crippen LogP contribution in [-0.2, 0) is 6.54 Å². The largest absolute Gasteiger partial charge is 0.389 e. The highest BCUT2D eigenvalue weighted by molar-refractivity contribution is 5.97. The first-order valence-electron chi connectivity index (χ1n) is 8.43. The first-order valence-corrected chi connectivity index (χ1v) is 8.43. The van der Waals surface area contributed by atoms with Crippen LogP contribution in [0.2, 0.25) is 0 Å². The van der Waals surface area contributed by atoms with Gasteiger partial charge in [-0.05, 0) is 31.5 Å². The molecular formula is C21H21FN2O2. The summed E-state index contributed by atoms with van der Waals surface area (Å²) in [4.78, 5) is 18.7. The number of carbonyl (C=O) groups excluding carboxylic acids is 1. The van der Waals surface area contributed by atoms with Gasteiger partial charge in [0.2, 0.25) is 0 Å². The van der Waals surface area contributed by atoms with E-state index in [0.717, 1.165) is 5.56 Å². The van der Waals surface area contributed by atoms with Gasteiger partial charge in [0.25, 0.3) is 5.91 Å². The summed E-state index contributed by atoms with van der Waals surface area (Å²) in [6.45, 7) is 3.85. The lowest BCUT2D eigenvalue weighted by Gasteiger charge is -2.29. The predicted molar refractivity (Wildman–Crippen MR) is 99.2 cm³/mol. The summed E-state index contributed by atoms with van der Waals surface area (Å²) in [6.07, 6.45) is 1.39. The summed E-state index contributed by atoms with van der Waals surface area (Å²) in [7, 11) is 0. The average molecular weight is 352 g/mol. The smallest absolute Gasteiger partial charge is 0.255 e. The molecule has 3 aromatic rings. The molecule has 1 N–H and O–H groups in total. The Labute approximate surface area is 151 Å². The summed E-state index contributed by atoms with van der Waals surface area (Å²) >= 11 is 0. The van der Waals surface area contributed by atoms with Gasteiger partial charge in [-0.1, -0.05) is 42.5 Å². The second-order valence-electron chi connectivity index (χ2n) is 6.99. The molecule has 1 amide bonds. The quantitative estimate of drug-likeness (QED) is 0.760. The number of halogens is 1. The van der Waals surface area contributed by atoms with Crippen LogP contribution >= 0.6 is 0 Å². The highest BCUT2D eigenvalue weighted by atomic mass is 19.1. The topological polar surface area (TPSA) is 53.4 Å². The minimum atomic E-state index is -1.04. The Hall–Kier alpha value is -2.79. The summed E-state index contributed by atoms with van der Waals surface area (Å²) in [5.74, 6) is -0.672. The van der Waals surface area contributed by atoms with Crippen molar-refractivity contribution in [3.8, 4) is 0 Å². The van der Waals surface area contributed by atoms with Crippen molar-refractivity contribution in [2.24, 2.45) is 0 Å². The zero-order valence-corrected chi connectivity index (χ0v) is 14.8. The van der Waals surface area contributed by atoms with Gasteiger partial charge in [0, 0.05) is 24.7 Å². The number of para-hydroxylation sites is 1. The van der Waals surface area contributed by atoms with Gasteiger partial charge in [-0.2, -0.15) is 0 Å². The van der Waals surface area contributed by atoms with Crippen LogP contribution in [0.25, 0.3) is 10.9 Å². The lowest BCUT2D eigenvalue weighted by Crippen LogP contribution is -2.41. The number of pyridine rings is 1. The van der Waals surface area contributed by atoms with E-state index in [9.17, 15) is 14.3 Å². The van der Waals surface area contributed by atoms with Gasteiger partial charge < -0.3 is 10.0 Å². The lowest BCUT2D eigenvalue weighted by molar-refractivity contribution is 0.0280. The number of aliphatic hydroxyl groups is 1. The van der Waals surface area contributed by atoms with E-state index in [1.807, 2.05) is 30.3 Å². The Morgan fingerprint density at radius 3 is 2.58 bits per heavy atom. The van der Waals surface area contributed by atoms with Crippen LogP contribution < -0.4 is 0 Å². The van der Waals surface area contributed by atoms with E-state index in [-0.39, 0.29) is 18.0 Å². The molecule has 0 unspecified atom stereocenters. The molecule has 0 spiro atoms. The highest BCUT2D eigenvalue weighted by Crippen LogP contribution is 2.19. The first-order chi connectivity index (χ1) is 12.3. The van der Waals surface area contributed by atoms with Gasteiger partial charge in [0.05, 0.1) is 11.2 Å². The Bertz CT molecular complexity index is 920. The third-order valence-corrected chi connectivity index (χ3v) is 3.99. The van der Waals surface area contributed by atoms with Gasteiger partial charge in [-0.25, -0.2) is 4.39 Å². The molecule has 1 aromatic heterocycles. The number of amides is 1. The zero-order chi connectivity index (χ0) is 18.7. The molecule has 0 saturated heterocycles. The van der Waals surface area contributed by atoms with Gasteiger partial charge in [0.15, 0.2) is 0 Å². The van der Waals surface area contributed by atoms with E-state index in [1.165, 1.54) is 12.3 Å². The van der Waals surface area contributed by atoms with Crippen molar-refractivity contribution in [2.75, 3.05) is 6.54 Å². The average Bonchev–Trinajstić information content (AvgIpc) is 2.60. The zero-order valence-electron chi connectivity index (χ0n) is 14.8. The minimum absolute atomic E-state index is 0.169. The fourth-order valence-corrected chi connectivity index (χ4v) is 2.89. The maximum absolute atomic E-state index is 13.8. The van der Waals surface area contributed by atoms with Crippen LogP contribution in [0.15, 0.2) is 60.8 Å². The van der Waals surface area contributed by atoms with Crippen LogP contribution in [-0.4, -0.2) is 33.0 Å². The molecule has 0 radical (unpaired) electrons. The fourth-order valence-electron chi connectivity index (χ4n) is 2.89. The molecule has 26 heavy (non-hydrogen) atoms. The number of benzene rings is 2. The first kappa shape index (κ1) is 18.0. The van der Waals surface area contributed by atoms with Crippen molar-refractivity contribution < 1.29 is 14.3 Å². The number of nitrogens with zero attached hydrogens (tertiary/aromatic N) is 2. The molecule has 0 bridgehead atoms. The lowest BCUT2D eigenvalue weighted by atomic mass is 10.1. The molecule has 5 heteroatoms. The normalized spacial score (nSPS) is 11.5. The Kier molecular flexibility index (Phi) is 5.00. The number of hydrogen-bond acceptors (Lipinski definition) is 3. The molecule has 0 saturated carbocycles. The molecule has 2 aromatic carbocycles. The summed E-state index contributed by atoms with van der Waals surface area (Å²) in [5.41, 5.74) is 0.523. The van der Waals surface area contributed by atoms with Crippen molar-refractivity contribution in [3.63, 3.8) is 0 Å². The number of carbonyl (C=O) groups is 1. The molecule has 1 heterocycles. The van der Waals surface area contributed by atoms with Crippen LogP contribution in [0.5, 0.6) is 0 Å². The minimum Gasteiger partial charge on any atom is -0.389 e. The summed E-state index contributed by atoms with van der Waals surface area (Å²) < 4.78 is 13.8. The monoisotopic (exact) mass is 352 g/mol. The second-order valence-corrected chi connectivity index (χ2v) is 6.99. The van der Waals surface area contributed by atoms with Gasteiger partial charge in [-0.15, -0.1) is 0 Å². The fraction of sp³-hybridized carbons (Fsp3) is 0.238. The number of rotatable bonds is 5. The molecule has 3 rings (SSSR count). The summed E-state index contributed by atoms with van der Waals surface area (Å²) in [5, 5.41) is 10.8. The molecule has 134 valence electrons. The van der Waals surface area contributed by atoms with Crippen LogP contribution in [0, 0.1) is 5.82 Å². The molecule has 0 fully saturated rings. The number of fused-ring (bicyclic) bond motifs is 1. The third-order valence-electron chi connectivity index (χ3n) is 3.99. The third kappa shape index (κ3) is 4.24. The van der Waals surface area contributed by atoms with E-state index in [1.54, 1.807) is 36.9 Å². The van der Waals surface area contributed by atoms with Gasteiger partial charge in [-0.3, -0.25) is 9.78 Å². The van der Waals surface area contributed by atoms with Crippen molar-refractivity contribution in [1.29, 1.82) is 0 Å². The summed E-state index contributed by atoms with van der Waals surface area (Å²) in [6, 6.07) is 15.9. The highest BCUT2D eigenvalue weighted by Gasteiger charge is 2.24. The Balaban J connectivity index is 1.93. The Morgan fingerprint density at radius 2 is 1.88 bits per heavy atom. The number of hydrogen-bond donors (Lipinski definition) is 1. The standard InChI is InChI=1S/C21H21FN2O2/c1-21(2,26)14-24(13-15-7-4-3-5-8-15)20(25)17-11-16-9-6-10-18(22)19(16)23-12-17/h3-12,26H,13-14H2,1-2H3. The van der Waals surface area contributed by atoms with Crippen LogP contribution in [0.4, 0.5) is 4.39 Å². The predicted octanol–water partition coefficient (Wildman–Crippen LogP) is 3.79. The van der Waals surface area contributed by atoms with E-state index >= 15 is 0 Å². The second kappa shape index (κ2) is 7.22. The van der Waals surface area contributed by atoms with Crippen molar-refractivity contribution in [1.82, 2.24) is 9.88 Å². The Morgan fingerprint density at radius 1 is 1.15 bits per heavy atom. The van der Waals surface area contributed by atoms with E-state index in [0.29, 0.717) is 17.5 Å². The molecule has 0 atom stereocenters. The van der Waals surface area contributed by atoms with Gasteiger partial charge in [0.1, 0.15) is 11.3 Å². The molecular weight excluding hydrogens is 331 g/mol. The van der Waals surface area contributed by atoms with Gasteiger partial charge >= 0.3 is 0 Å². The molecule has 0 aliphatic carbocycles. The SMILES string of the molecule is CC(C)(O)CN(Cc1ccccc1)C(=O)c1cnc2c(F)cccc2c1. The van der Waals surface area contributed by atoms with Crippen molar-refractivity contribution in [3.05, 3.63) is 77.7 Å². The van der Waals surface area contributed by atoms with Crippen LogP contribution in [0.3, 0.4) is 0 Å². The van der Waals surface area contributed by atoms with E-state index in [4.69, 9.17) is 0 Å². The molecule has 4 nitrogen and oxygen atoms in total.